The molecule has 3 atom stereocenters. The maximum Gasteiger partial charge on any atom is 0.0661 e. The summed E-state index contributed by atoms with van der Waals surface area (Å²) in [6, 6.07) is 0.766. The van der Waals surface area contributed by atoms with Crippen LogP contribution in [0, 0.1) is 17.8 Å². The minimum atomic E-state index is 0.185. The van der Waals surface area contributed by atoms with Crippen molar-refractivity contribution < 1.29 is 4.74 Å². The third-order valence-electron chi connectivity index (χ3n) is 4.39. The van der Waals surface area contributed by atoms with Gasteiger partial charge >= 0.3 is 0 Å². The zero-order valence-electron chi connectivity index (χ0n) is 10.5. The van der Waals surface area contributed by atoms with E-state index in [0.29, 0.717) is 17.6 Å². The molecule has 2 aliphatic rings. The highest BCUT2D eigenvalue weighted by molar-refractivity contribution is 5.12. The third-order valence-corrected chi connectivity index (χ3v) is 4.39. The normalized spacial score (nSPS) is 33.3. The molecule has 0 aromatic heterocycles. The standard InChI is InChI=1S/C14H23NO/c1-4-11(3)15-12-10-13(16-5-2)14(12)8-6-7-9-14/h1,11-13,15H,5-10H2,2-3H3. The Labute approximate surface area is 99.1 Å². The summed E-state index contributed by atoms with van der Waals surface area (Å²) in [4.78, 5) is 0. The Hall–Kier alpha value is -0.520. The van der Waals surface area contributed by atoms with E-state index in [-0.39, 0.29) is 6.04 Å². The first-order chi connectivity index (χ1) is 7.73. The fourth-order valence-corrected chi connectivity index (χ4v) is 3.47. The van der Waals surface area contributed by atoms with Gasteiger partial charge in [0.15, 0.2) is 0 Å². The van der Waals surface area contributed by atoms with Crippen molar-refractivity contribution in [1.29, 1.82) is 0 Å². The molecule has 0 saturated heterocycles. The number of terminal acetylenes is 1. The quantitative estimate of drug-likeness (QED) is 0.736. The minimum Gasteiger partial charge on any atom is -0.378 e. The molecule has 0 aromatic carbocycles. The van der Waals surface area contributed by atoms with Crippen molar-refractivity contribution in [3.63, 3.8) is 0 Å². The Morgan fingerprint density at radius 3 is 2.75 bits per heavy atom. The molecular formula is C14H23NO. The monoisotopic (exact) mass is 221 g/mol. The van der Waals surface area contributed by atoms with Gasteiger partial charge in [-0.3, -0.25) is 0 Å². The molecule has 0 heterocycles. The Morgan fingerprint density at radius 2 is 2.19 bits per heavy atom. The van der Waals surface area contributed by atoms with E-state index in [2.05, 4.69) is 25.1 Å². The van der Waals surface area contributed by atoms with Gasteiger partial charge < -0.3 is 10.1 Å². The van der Waals surface area contributed by atoms with Gasteiger partial charge in [0.1, 0.15) is 0 Å². The smallest absolute Gasteiger partial charge is 0.0661 e. The molecule has 0 bridgehead atoms. The fraction of sp³-hybridized carbons (Fsp3) is 0.857. The number of hydrogen-bond acceptors (Lipinski definition) is 2. The van der Waals surface area contributed by atoms with Crippen LogP contribution in [0.4, 0.5) is 0 Å². The third kappa shape index (κ3) is 1.87. The van der Waals surface area contributed by atoms with E-state index >= 15 is 0 Å². The van der Waals surface area contributed by atoms with Crippen molar-refractivity contribution in [2.45, 2.75) is 64.1 Å². The van der Waals surface area contributed by atoms with Crippen molar-refractivity contribution in [1.82, 2.24) is 5.32 Å². The van der Waals surface area contributed by atoms with Gasteiger partial charge in [0.25, 0.3) is 0 Å². The molecule has 3 unspecified atom stereocenters. The molecule has 16 heavy (non-hydrogen) atoms. The molecule has 1 spiro atoms. The lowest BCUT2D eigenvalue weighted by Crippen LogP contribution is -2.63. The molecule has 0 aliphatic heterocycles. The molecule has 2 rings (SSSR count). The average Bonchev–Trinajstić information content (AvgIpc) is 2.79. The zero-order chi connectivity index (χ0) is 11.6. The summed E-state index contributed by atoms with van der Waals surface area (Å²) in [5.41, 5.74) is 0.404. The molecule has 2 aliphatic carbocycles. The maximum atomic E-state index is 5.87. The first-order valence-corrected chi connectivity index (χ1v) is 6.56. The summed E-state index contributed by atoms with van der Waals surface area (Å²) >= 11 is 0. The molecule has 0 amide bonds. The van der Waals surface area contributed by atoms with E-state index in [4.69, 9.17) is 11.2 Å². The van der Waals surface area contributed by atoms with Crippen molar-refractivity contribution >= 4 is 0 Å². The van der Waals surface area contributed by atoms with E-state index in [9.17, 15) is 0 Å². The Balaban J connectivity index is 1.98. The molecule has 1 N–H and O–H groups in total. The molecule has 2 heteroatoms. The van der Waals surface area contributed by atoms with Gasteiger partial charge in [0, 0.05) is 18.1 Å². The first-order valence-electron chi connectivity index (χ1n) is 6.56. The lowest BCUT2D eigenvalue weighted by Gasteiger charge is -2.54. The predicted octanol–water partition coefficient (Wildman–Crippen LogP) is 2.34. The second-order valence-corrected chi connectivity index (χ2v) is 5.23. The highest BCUT2D eigenvalue weighted by Crippen LogP contribution is 2.54. The van der Waals surface area contributed by atoms with Crippen LogP contribution in [0.5, 0.6) is 0 Å². The summed E-state index contributed by atoms with van der Waals surface area (Å²) in [5, 5.41) is 3.57. The minimum absolute atomic E-state index is 0.185. The Kier molecular flexibility index (Phi) is 3.56. The van der Waals surface area contributed by atoms with Crippen LogP contribution in [0.1, 0.15) is 46.0 Å². The Morgan fingerprint density at radius 1 is 1.50 bits per heavy atom. The molecule has 2 nitrogen and oxygen atoms in total. The SMILES string of the molecule is C#CC(C)NC1CC(OCC)C12CCCC2. The van der Waals surface area contributed by atoms with Crippen LogP contribution in [-0.2, 0) is 4.74 Å². The number of ether oxygens (including phenoxy) is 1. The van der Waals surface area contributed by atoms with E-state index in [1.807, 2.05) is 0 Å². The molecule has 90 valence electrons. The molecule has 0 aromatic rings. The number of hydrogen-bond donors (Lipinski definition) is 1. The summed E-state index contributed by atoms with van der Waals surface area (Å²) in [6.07, 6.45) is 12.4. The Bertz CT molecular complexity index is 275. The lowest BCUT2D eigenvalue weighted by molar-refractivity contribution is -0.131. The fourth-order valence-electron chi connectivity index (χ4n) is 3.47. The zero-order valence-corrected chi connectivity index (χ0v) is 10.5. The molecular weight excluding hydrogens is 198 g/mol. The predicted molar refractivity (Wildman–Crippen MR) is 66.2 cm³/mol. The van der Waals surface area contributed by atoms with Crippen molar-refractivity contribution in [2.24, 2.45) is 5.41 Å². The van der Waals surface area contributed by atoms with Crippen LogP contribution in [0.25, 0.3) is 0 Å². The van der Waals surface area contributed by atoms with Crippen molar-refractivity contribution in [3.05, 3.63) is 0 Å². The largest absolute Gasteiger partial charge is 0.378 e. The van der Waals surface area contributed by atoms with Crippen LogP contribution in [0.15, 0.2) is 0 Å². The second-order valence-electron chi connectivity index (χ2n) is 5.23. The number of nitrogens with one attached hydrogen (secondary N) is 1. The summed E-state index contributed by atoms with van der Waals surface area (Å²) in [6.45, 7) is 4.99. The second kappa shape index (κ2) is 4.77. The van der Waals surface area contributed by atoms with Gasteiger partial charge in [0.2, 0.25) is 0 Å². The van der Waals surface area contributed by atoms with Crippen LogP contribution in [0.3, 0.4) is 0 Å². The summed E-state index contributed by atoms with van der Waals surface area (Å²) in [7, 11) is 0. The van der Waals surface area contributed by atoms with E-state index in [0.717, 1.165) is 13.0 Å². The van der Waals surface area contributed by atoms with Crippen LogP contribution in [-0.4, -0.2) is 24.8 Å². The van der Waals surface area contributed by atoms with Crippen LogP contribution < -0.4 is 5.32 Å². The van der Waals surface area contributed by atoms with Crippen LogP contribution in [0.2, 0.25) is 0 Å². The summed E-state index contributed by atoms with van der Waals surface area (Å²) < 4.78 is 5.87. The van der Waals surface area contributed by atoms with E-state index in [1.165, 1.54) is 25.7 Å². The van der Waals surface area contributed by atoms with Gasteiger partial charge in [-0.2, -0.15) is 0 Å². The highest BCUT2D eigenvalue weighted by Gasteiger charge is 2.56. The van der Waals surface area contributed by atoms with Gasteiger partial charge in [-0.05, 0) is 33.1 Å². The maximum absolute atomic E-state index is 5.87. The van der Waals surface area contributed by atoms with Crippen molar-refractivity contribution in [3.8, 4) is 12.3 Å². The highest BCUT2D eigenvalue weighted by atomic mass is 16.5. The van der Waals surface area contributed by atoms with Gasteiger partial charge in [-0.25, -0.2) is 0 Å². The van der Waals surface area contributed by atoms with Gasteiger partial charge in [-0.15, -0.1) is 6.42 Å². The average molecular weight is 221 g/mol. The molecule has 0 radical (unpaired) electrons. The molecule has 2 saturated carbocycles. The van der Waals surface area contributed by atoms with Gasteiger partial charge in [-0.1, -0.05) is 18.8 Å². The first kappa shape index (κ1) is 12.0. The number of rotatable bonds is 4. The van der Waals surface area contributed by atoms with E-state index < -0.39 is 0 Å². The van der Waals surface area contributed by atoms with E-state index in [1.54, 1.807) is 0 Å². The molecule has 2 fully saturated rings. The summed E-state index contributed by atoms with van der Waals surface area (Å²) in [5.74, 6) is 2.77. The van der Waals surface area contributed by atoms with Crippen LogP contribution >= 0.6 is 0 Å². The topological polar surface area (TPSA) is 21.3 Å². The lowest BCUT2D eigenvalue weighted by atomic mass is 9.60. The van der Waals surface area contributed by atoms with Crippen molar-refractivity contribution in [2.75, 3.05) is 6.61 Å². The van der Waals surface area contributed by atoms with Gasteiger partial charge in [0.05, 0.1) is 12.1 Å².